The lowest BCUT2D eigenvalue weighted by atomic mass is 9.94. The first-order valence-electron chi connectivity index (χ1n) is 10.7. The second-order valence-electron chi connectivity index (χ2n) is 8.58. The zero-order valence-electron chi connectivity index (χ0n) is 17.9. The highest BCUT2D eigenvalue weighted by Gasteiger charge is 2.43. The van der Waals surface area contributed by atoms with E-state index < -0.39 is 23.8 Å². The van der Waals surface area contributed by atoms with Crippen LogP contribution in [0.2, 0.25) is 0 Å². The minimum absolute atomic E-state index is 0.0486. The molecule has 7 nitrogen and oxygen atoms in total. The molecule has 1 aromatic carbocycles. The number of fused-ring (bicyclic) bond motifs is 1. The van der Waals surface area contributed by atoms with Gasteiger partial charge in [0.05, 0.1) is 11.1 Å². The van der Waals surface area contributed by atoms with Gasteiger partial charge in [-0.15, -0.1) is 0 Å². The molecule has 0 bridgehead atoms. The van der Waals surface area contributed by atoms with Crippen LogP contribution in [0.25, 0.3) is 0 Å². The summed E-state index contributed by atoms with van der Waals surface area (Å²) in [6.07, 6.45) is 5.57. The predicted molar refractivity (Wildman–Crippen MR) is 111 cm³/mol. The van der Waals surface area contributed by atoms with Crippen LogP contribution in [0.5, 0.6) is 0 Å². The summed E-state index contributed by atoms with van der Waals surface area (Å²) in [5, 5.41) is 0. The van der Waals surface area contributed by atoms with Gasteiger partial charge < -0.3 is 9.64 Å². The van der Waals surface area contributed by atoms with Crippen LogP contribution >= 0.6 is 0 Å². The van der Waals surface area contributed by atoms with Gasteiger partial charge in [-0.05, 0) is 37.3 Å². The first-order chi connectivity index (χ1) is 14.3. The Morgan fingerprint density at radius 1 is 1.07 bits per heavy atom. The third kappa shape index (κ3) is 4.55. The normalized spacial score (nSPS) is 17.8. The largest absolute Gasteiger partial charge is 0.454 e. The molecular weight excluding hydrogens is 384 g/mol. The fraction of sp³-hybridized carbons (Fsp3) is 0.565. The van der Waals surface area contributed by atoms with Crippen molar-refractivity contribution in [2.75, 3.05) is 13.7 Å². The number of carbonyl (C=O) groups excluding carboxylic acids is 4. The van der Waals surface area contributed by atoms with Crippen molar-refractivity contribution in [1.29, 1.82) is 0 Å². The van der Waals surface area contributed by atoms with Crippen LogP contribution in [-0.4, -0.2) is 59.2 Å². The molecule has 0 radical (unpaired) electrons. The molecule has 2 aliphatic rings. The Bertz CT molecular complexity index is 794. The van der Waals surface area contributed by atoms with Gasteiger partial charge in [-0.3, -0.25) is 19.3 Å². The molecule has 0 N–H and O–H groups in total. The Balaban J connectivity index is 1.68. The Morgan fingerprint density at radius 3 is 2.17 bits per heavy atom. The highest BCUT2D eigenvalue weighted by atomic mass is 16.5. The van der Waals surface area contributed by atoms with E-state index in [9.17, 15) is 19.2 Å². The van der Waals surface area contributed by atoms with E-state index in [1.54, 1.807) is 36.2 Å². The molecular formula is C23H30N2O5. The fourth-order valence-corrected chi connectivity index (χ4v) is 4.25. The predicted octanol–water partition coefficient (Wildman–Crippen LogP) is 3.03. The molecule has 1 aliphatic carbocycles. The monoisotopic (exact) mass is 414 g/mol. The van der Waals surface area contributed by atoms with E-state index in [1.165, 1.54) is 6.42 Å². The van der Waals surface area contributed by atoms with E-state index in [1.807, 2.05) is 13.8 Å². The number of likely N-dealkylation sites (N-methyl/N-ethyl adjacent to an activating group) is 1. The maximum atomic E-state index is 12.9. The van der Waals surface area contributed by atoms with Crippen molar-refractivity contribution in [2.45, 2.75) is 64.5 Å². The van der Waals surface area contributed by atoms with Crippen molar-refractivity contribution in [3.63, 3.8) is 0 Å². The Labute approximate surface area is 177 Å². The zero-order chi connectivity index (χ0) is 21.8. The van der Waals surface area contributed by atoms with Gasteiger partial charge in [0, 0.05) is 13.1 Å². The van der Waals surface area contributed by atoms with Gasteiger partial charge in [0.25, 0.3) is 17.7 Å². The number of imide groups is 1. The Kier molecular flexibility index (Phi) is 6.90. The van der Waals surface area contributed by atoms with Gasteiger partial charge in [-0.25, -0.2) is 4.79 Å². The topological polar surface area (TPSA) is 84.0 Å². The summed E-state index contributed by atoms with van der Waals surface area (Å²) < 4.78 is 5.31. The number of amides is 3. The summed E-state index contributed by atoms with van der Waals surface area (Å²) in [5.41, 5.74) is 0.578. The summed E-state index contributed by atoms with van der Waals surface area (Å²) in [7, 11) is 1.74. The highest BCUT2D eigenvalue weighted by molar-refractivity contribution is 6.22. The molecule has 0 spiro atoms. The molecule has 7 heteroatoms. The summed E-state index contributed by atoms with van der Waals surface area (Å²) in [6, 6.07) is 5.65. The van der Waals surface area contributed by atoms with Crippen molar-refractivity contribution in [1.82, 2.24) is 9.80 Å². The van der Waals surface area contributed by atoms with E-state index in [0.29, 0.717) is 0 Å². The van der Waals surface area contributed by atoms with Gasteiger partial charge in [0.2, 0.25) is 0 Å². The standard InChI is InChI=1S/C23H30N2O5/c1-15(2)13-19(25-21(27)17-11-7-8-12-18(17)22(25)28)23(29)30-14-20(26)24(3)16-9-5-4-6-10-16/h7-8,11-12,15-16,19H,4-6,9-10,13-14H2,1-3H3/t19-/m1/s1. The maximum absolute atomic E-state index is 12.9. The third-order valence-electron chi connectivity index (χ3n) is 5.96. The average Bonchev–Trinajstić information content (AvgIpc) is 3.00. The third-order valence-corrected chi connectivity index (χ3v) is 5.96. The molecule has 1 heterocycles. The molecule has 3 amide bonds. The van der Waals surface area contributed by atoms with Crippen LogP contribution in [0.4, 0.5) is 0 Å². The van der Waals surface area contributed by atoms with Gasteiger partial charge >= 0.3 is 5.97 Å². The van der Waals surface area contributed by atoms with Gasteiger partial charge in [0.1, 0.15) is 6.04 Å². The van der Waals surface area contributed by atoms with Gasteiger partial charge in [0.15, 0.2) is 6.61 Å². The summed E-state index contributed by atoms with van der Waals surface area (Å²) in [4.78, 5) is 53.7. The molecule has 1 atom stereocenters. The number of hydrogen-bond acceptors (Lipinski definition) is 5. The number of ether oxygens (including phenoxy) is 1. The Hall–Kier alpha value is -2.70. The second kappa shape index (κ2) is 9.41. The van der Waals surface area contributed by atoms with E-state index in [-0.39, 0.29) is 42.0 Å². The molecule has 0 saturated heterocycles. The number of carbonyl (C=O) groups is 4. The average molecular weight is 415 g/mol. The molecule has 0 aromatic heterocycles. The van der Waals surface area contributed by atoms with Gasteiger partial charge in [-0.2, -0.15) is 0 Å². The lowest BCUT2D eigenvalue weighted by Gasteiger charge is -2.31. The minimum Gasteiger partial charge on any atom is -0.454 e. The summed E-state index contributed by atoms with van der Waals surface area (Å²) in [5.74, 6) is -1.93. The number of nitrogens with zero attached hydrogens (tertiary/aromatic N) is 2. The van der Waals surface area contributed by atoms with Crippen molar-refractivity contribution >= 4 is 23.7 Å². The molecule has 1 fully saturated rings. The van der Waals surface area contributed by atoms with Crippen LogP contribution in [0.3, 0.4) is 0 Å². The number of esters is 1. The molecule has 3 rings (SSSR count). The van der Waals surface area contributed by atoms with Crippen molar-refractivity contribution in [2.24, 2.45) is 5.92 Å². The maximum Gasteiger partial charge on any atom is 0.329 e. The van der Waals surface area contributed by atoms with Crippen LogP contribution in [0.15, 0.2) is 24.3 Å². The summed E-state index contributed by atoms with van der Waals surface area (Å²) in [6.45, 7) is 3.42. The van der Waals surface area contributed by atoms with Crippen molar-refractivity contribution in [3.05, 3.63) is 35.4 Å². The second-order valence-corrected chi connectivity index (χ2v) is 8.58. The van der Waals surface area contributed by atoms with E-state index in [2.05, 4.69) is 0 Å². The number of benzene rings is 1. The van der Waals surface area contributed by atoms with Crippen LogP contribution in [0, 0.1) is 5.92 Å². The van der Waals surface area contributed by atoms with Crippen LogP contribution in [-0.2, 0) is 14.3 Å². The first-order valence-corrected chi connectivity index (χ1v) is 10.7. The highest BCUT2D eigenvalue weighted by Crippen LogP contribution is 2.27. The summed E-state index contributed by atoms with van der Waals surface area (Å²) >= 11 is 0. The molecule has 1 aliphatic heterocycles. The molecule has 1 saturated carbocycles. The lowest BCUT2D eigenvalue weighted by Crippen LogP contribution is -2.47. The lowest BCUT2D eigenvalue weighted by molar-refractivity contribution is -0.156. The SMILES string of the molecule is CC(C)C[C@H](C(=O)OCC(=O)N(C)C1CCCCC1)N1C(=O)c2ccccc2C1=O. The number of hydrogen-bond donors (Lipinski definition) is 0. The Morgan fingerprint density at radius 2 is 1.63 bits per heavy atom. The van der Waals surface area contributed by atoms with Gasteiger partial charge in [-0.1, -0.05) is 45.2 Å². The van der Waals surface area contributed by atoms with E-state index in [4.69, 9.17) is 4.74 Å². The first kappa shape index (κ1) is 22.0. The molecule has 0 unspecified atom stereocenters. The smallest absolute Gasteiger partial charge is 0.329 e. The van der Waals surface area contributed by atoms with Crippen molar-refractivity contribution in [3.8, 4) is 0 Å². The molecule has 1 aromatic rings. The molecule has 162 valence electrons. The van der Waals surface area contributed by atoms with Crippen LogP contribution < -0.4 is 0 Å². The van der Waals surface area contributed by atoms with Crippen LogP contribution in [0.1, 0.15) is 73.1 Å². The number of rotatable bonds is 7. The van der Waals surface area contributed by atoms with E-state index in [0.717, 1.165) is 30.6 Å². The van der Waals surface area contributed by atoms with Crippen molar-refractivity contribution < 1.29 is 23.9 Å². The van der Waals surface area contributed by atoms with E-state index >= 15 is 0 Å². The minimum atomic E-state index is -1.05. The fourth-order valence-electron chi connectivity index (χ4n) is 4.25. The quantitative estimate of drug-likeness (QED) is 0.506. The molecule has 30 heavy (non-hydrogen) atoms. The zero-order valence-corrected chi connectivity index (χ0v) is 17.9.